The molecule has 0 aliphatic heterocycles. The quantitative estimate of drug-likeness (QED) is 0.833. The van der Waals surface area contributed by atoms with Crippen molar-refractivity contribution in [1.29, 1.82) is 0 Å². The second-order valence-corrected chi connectivity index (χ2v) is 5.32. The number of rotatable bonds is 4. The maximum Gasteiger partial charge on any atom is 0.337 e. The third kappa shape index (κ3) is 3.57. The lowest BCUT2D eigenvalue weighted by molar-refractivity contribution is 0.0697. The SMILES string of the molecule is O=C(O)c1ccc(NCc2ccc(Cl)c(Cl)c2)cc1Cl. The fourth-order valence-electron chi connectivity index (χ4n) is 1.65. The van der Waals surface area contributed by atoms with Gasteiger partial charge in [-0.1, -0.05) is 40.9 Å². The zero-order valence-corrected chi connectivity index (χ0v) is 12.4. The van der Waals surface area contributed by atoms with Crippen LogP contribution in [0.2, 0.25) is 15.1 Å². The van der Waals surface area contributed by atoms with Crippen molar-refractivity contribution < 1.29 is 9.90 Å². The number of aromatic carboxylic acids is 1. The second-order valence-electron chi connectivity index (χ2n) is 4.10. The van der Waals surface area contributed by atoms with E-state index in [4.69, 9.17) is 39.9 Å². The zero-order chi connectivity index (χ0) is 14.7. The van der Waals surface area contributed by atoms with Gasteiger partial charge in [-0.2, -0.15) is 0 Å². The van der Waals surface area contributed by atoms with Crippen molar-refractivity contribution in [1.82, 2.24) is 0 Å². The number of anilines is 1. The summed E-state index contributed by atoms with van der Waals surface area (Å²) in [5.41, 5.74) is 1.76. The highest BCUT2D eigenvalue weighted by Crippen LogP contribution is 2.24. The van der Waals surface area contributed by atoms with E-state index in [0.717, 1.165) is 11.3 Å². The number of halogens is 3. The maximum absolute atomic E-state index is 10.8. The molecule has 0 aliphatic carbocycles. The number of hydrogen-bond acceptors (Lipinski definition) is 2. The van der Waals surface area contributed by atoms with Crippen LogP contribution in [-0.4, -0.2) is 11.1 Å². The molecule has 2 aromatic carbocycles. The molecule has 0 saturated carbocycles. The first-order valence-corrected chi connectivity index (χ1v) is 6.81. The molecule has 0 radical (unpaired) electrons. The Morgan fingerprint density at radius 1 is 1.00 bits per heavy atom. The largest absolute Gasteiger partial charge is 0.478 e. The maximum atomic E-state index is 10.8. The molecule has 6 heteroatoms. The predicted octanol–water partition coefficient (Wildman–Crippen LogP) is 4.96. The van der Waals surface area contributed by atoms with Crippen LogP contribution in [0.1, 0.15) is 15.9 Å². The molecule has 2 aromatic rings. The van der Waals surface area contributed by atoms with Gasteiger partial charge >= 0.3 is 5.97 Å². The Balaban J connectivity index is 2.09. The van der Waals surface area contributed by atoms with Gasteiger partial charge in [-0.25, -0.2) is 4.79 Å². The summed E-state index contributed by atoms with van der Waals surface area (Å²) in [7, 11) is 0. The highest BCUT2D eigenvalue weighted by Gasteiger charge is 2.08. The average molecular weight is 331 g/mol. The molecule has 0 atom stereocenters. The smallest absolute Gasteiger partial charge is 0.337 e. The lowest BCUT2D eigenvalue weighted by atomic mass is 10.2. The van der Waals surface area contributed by atoms with E-state index in [1.165, 1.54) is 6.07 Å². The van der Waals surface area contributed by atoms with Crippen LogP contribution in [-0.2, 0) is 6.54 Å². The van der Waals surface area contributed by atoms with Crippen molar-refractivity contribution >= 4 is 46.5 Å². The summed E-state index contributed by atoms with van der Waals surface area (Å²) in [6.45, 7) is 0.527. The molecule has 0 fully saturated rings. The molecule has 0 heterocycles. The number of carboxylic acid groups (broad SMARTS) is 1. The molecule has 0 amide bonds. The molecule has 0 aromatic heterocycles. The Morgan fingerprint density at radius 2 is 1.75 bits per heavy atom. The van der Waals surface area contributed by atoms with E-state index >= 15 is 0 Å². The molecule has 0 aliphatic rings. The molecule has 20 heavy (non-hydrogen) atoms. The number of hydrogen-bond donors (Lipinski definition) is 2. The molecule has 0 spiro atoms. The zero-order valence-electron chi connectivity index (χ0n) is 10.2. The van der Waals surface area contributed by atoms with E-state index in [-0.39, 0.29) is 10.6 Å². The van der Waals surface area contributed by atoms with E-state index in [0.29, 0.717) is 16.6 Å². The van der Waals surface area contributed by atoms with Gasteiger partial charge in [0.1, 0.15) is 0 Å². The lowest BCUT2D eigenvalue weighted by Gasteiger charge is -2.09. The summed E-state index contributed by atoms with van der Waals surface area (Å²) in [6, 6.07) is 10.0. The second kappa shape index (κ2) is 6.35. The van der Waals surface area contributed by atoms with Crippen LogP contribution in [0.15, 0.2) is 36.4 Å². The monoisotopic (exact) mass is 329 g/mol. The van der Waals surface area contributed by atoms with E-state index in [2.05, 4.69) is 5.32 Å². The lowest BCUT2D eigenvalue weighted by Crippen LogP contribution is -2.02. The number of carboxylic acids is 1. The van der Waals surface area contributed by atoms with Gasteiger partial charge in [0.05, 0.1) is 20.6 Å². The van der Waals surface area contributed by atoms with Crippen molar-refractivity contribution in [2.75, 3.05) is 5.32 Å². The van der Waals surface area contributed by atoms with Crippen LogP contribution in [0.25, 0.3) is 0 Å². The number of benzene rings is 2. The summed E-state index contributed by atoms with van der Waals surface area (Å²) < 4.78 is 0. The van der Waals surface area contributed by atoms with E-state index in [1.54, 1.807) is 24.3 Å². The van der Waals surface area contributed by atoms with Gasteiger partial charge in [-0.3, -0.25) is 0 Å². The molecule has 2 N–H and O–H groups in total. The Bertz CT molecular complexity index is 659. The molecular formula is C14H10Cl3NO2. The van der Waals surface area contributed by atoms with Gasteiger partial charge in [-0.05, 0) is 35.9 Å². The minimum absolute atomic E-state index is 0.0757. The van der Waals surface area contributed by atoms with Gasteiger partial charge in [-0.15, -0.1) is 0 Å². The average Bonchev–Trinajstić information content (AvgIpc) is 2.40. The Kier molecular flexibility index (Phi) is 4.76. The Labute approximate surface area is 131 Å². The summed E-state index contributed by atoms with van der Waals surface area (Å²) in [5, 5.41) is 13.2. The summed E-state index contributed by atoms with van der Waals surface area (Å²) in [4.78, 5) is 10.8. The van der Waals surface area contributed by atoms with Crippen molar-refractivity contribution in [2.24, 2.45) is 0 Å². The highest BCUT2D eigenvalue weighted by molar-refractivity contribution is 6.42. The number of nitrogens with one attached hydrogen (secondary N) is 1. The molecule has 2 rings (SSSR count). The van der Waals surface area contributed by atoms with Gasteiger partial charge in [0.25, 0.3) is 0 Å². The standard InChI is InChI=1S/C14H10Cl3NO2/c15-11-4-1-8(5-13(11)17)7-18-9-2-3-10(14(19)20)12(16)6-9/h1-6,18H,7H2,(H,19,20). The third-order valence-corrected chi connectivity index (χ3v) is 3.73. The van der Waals surface area contributed by atoms with E-state index in [1.807, 2.05) is 6.07 Å². The molecule has 0 unspecified atom stereocenters. The van der Waals surface area contributed by atoms with Gasteiger partial charge in [0.15, 0.2) is 0 Å². The first kappa shape index (κ1) is 15.0. The van der Waals surface area contributed by atoms with Crippen LogP contribution in [0.4, 0.5) is 5.69 Å². The van der Waals surface area contributed by atoms with Gasteiger partial charge < -0.3 is 10.4 Å². The Morgan fingerprint density at radius 3 is 2.35 bits per heavy atom. The van der Waals surface area contributed by atoms with Crippen LogP contribution in [0, 0.1) is 0 Å². The fourth-order valence-corrected chi connectivity index (χ4v) is 2.23. The molecular weight excluding hydrogens is 321 g/mol. The molecule has 0 saturated heterocycles. The first-order valence-electron chi connectivity index (χ1n) is 5.68. The van der Waals surface area contributed by atoms with Crippen molar-refractivity contribution in [2.45, 2.75) is 6.54 Å². The van der Waals surface area contributed by atoms with Crippen molar-refractivity contribution in [3.63, 3.8) is 0 Å². The predicted molar refractivity (Wildman–Crippen MR) is 82.2 cm³/mol. The highest BCUT2D eigenvalue weighted by atomic mass is 35.5. The fraction of sp³-hybridized carbons (Fsp3) is 0.0714. The minimum Gasteiger partial charge on any atom is -0.478 e. The van der Waals surface area contributed by atoms with E-state index in [9.17, 15) is 4.79 Å². The topological polar surface area (TPSA) is 49.3 Å². The van der Waals surface area contributed by atoms with Crippen LogP contribution in [0.3, 0.4) is 0 Å². The third-order valence-electron chi connectivity index (χ3n) is 2.68. The normalized spacial score (nSPS) is 10.3. The summed E-state index contributed by atoms with van der Waals surface area (Å²) >= 11 is 17.7. The van der Waals surface area contributed by atoms with Crippen LogP contribution < -0.4 is 5.32 Å². The first-order chi connectivity index (χ1) is 9.47. The molecule has 3 nitrogen and oxygen atoms in total. The van der Waals surface area contributed by atoms with Crippen LogP contribution in [0.5, 0.6) is 0 Å². The summed E-state index contributed by atoms with van der Waals surface area (Å²) in [5.74, 6) is -1.05. The van der Waals surface area contributed by atoms with Crippen molar-refractivity contribution in [3.05, 3.63) is 62.6 Å². The van der Waals surface area contributed by atoms with Gasteiger partial charge in [0.2, 0.25) is 0 Å². The minimum atomic E-state index is -1.05. The number of carbonyl (C=O) groups is 1. The summed E-state index contributed by atoms with van der Waals surface area (Å²) in [6.07, 6.45) is 0. The Hall–Kier alpha value is -1.42. The molecule has 104 valence electrons. The van der Waals surface area contributed by atoms with Crippen LogP contribution >= 0.6 is 34.8 Å². The molecule has 0 bridgehead atoms. The van der Waals surface area contributed by atoms with Gasteiger partial charge in [0, 0.05) is 12.2 Å². The van der Waals surface area contributed by atoms with Crippen molar-refractivity contribution in [3.8, 4) is 0 Å². The van der Waals surface area contributed by atoms with E-state index < -0.39 is 5.97 Å².